The van der Waals surface area contributed by atoms with Crippen LogP contribution in [-0.2, 0) is 0 Å². The van der Waals surface area contributed by atoms with Gasteiger partial charge in [-0.25, -0.2) is 4.39 Å². The van der Waals surface area contributed by atoms with Crippen molar-refractivity contribution < 1.29 is 9.13 Å². The van der Waals surface area contributed by atoms with Crippen molar-refractivity contribution in [2.24, 2.45) is 0 Å². The van der Waals surface area contributed by atoms with Crippen LogP contribution in [0.4, 0.5) is 22.0 Å². The molecule has 2 atom stereocenters. The Morgan fingerprint density at radius 3 is 2.81 bits per heavy atom. The summed E-state index contributed by atoms with van der Waals surface area (Å²) in [5.74, 6) is 0.323. The third-order valence-electron chi connectivity index (χ3n) is 4.35. The zero-order chi connectivity index (χ0) is 18.5. The number of hydrogen-bond acceptors (Lipinski definition) is 7. The lowest BCUT2D eigenvalue weighted by atomic mass is 10.0. The zero-order valence-corrected chi connectivity index (χ0v) is 15.5. The topological polar surface area (TPSA) is 84.0 Å². The van der Waals surface area contributed by atoms with Crippen molar-refractivity contribution in [1.29, 1.82) is 0 Å². The molecule has 0 saturated carbocycles. The molecule has 1 aliphatic rings. The van der Waals surface area contributed by atoms with Gasteiger partial charge >= 0.3 is 0 Å². The fourth-order valence-electron chi connectivity index (χ4n) is 3.05. The van der Waals surface area contributed by atoms with Crippen LogP contribution in [0.2, 0.25) is 5.28 Å². The molecule has 1 aliphatic heterocycles. The molecule has 26 heavy (non-hydrogen) atoms. The van der Waals surface area contributed by atoms with Crippen LogP contribution in [0, 0.1) is 5.82 Å². The highest BCUT2D eigenvalue weighted by Crippen LogP contribution is 2.23. The summed E-state index contributed by atoms with van der Waals surface area (Å²) in [5, 5.41) is 9.81. The SMILES string of the molecule is CCC(Nc1nc(Cl)nc(Nc2ccc(OC)c(F)c2)n1)C1CCCN1. The Morgan fingerprint density at radius 1 is 1.35 bits per heavy atom. The fraction of sp³-hybridized carbons (Fsp3) is 0.471. The molecule has 0 aliphatic carbocycles. The van der Waals surface area contributed by atoms with E-state index in [0.29, 0.717) is 17.7 Å². The molecule has 3 N–H and O–H groups in total. The molecule has 1 saturated heterocycles. The molecule has 7 nitrogen and oxygen atoms in total. The Labute approximate surface area is 156 Å². The molecule has 0 radical (unpaired) electrons. The van der Waals surface area contributed by atoms with Crippen LogP contribution in [0.25, 0.3) is 0 Å². The van der Waals surface area contributed by atoms with Crippen LogP contribution < -0.4 is 20.7 Å². The smallest absolute Gasteiger partial charge is 0.233 e. The van der Waals surface area contributed by atoms with E-state index in [9.17, 15) is 4.39 Å². The number of anilines is 3. The Kier molecular flexibility index (Phi) is 6.05. The van der Waals surface area contributed by atoms with Crippen molar-refractivity contribution in [3.63, 3.8) is 0 Å². The van der Waals surface area contributed by atoms with E-state index in [4.69, 9.17) is 16.3 Å². The van der Waals surface area contributed by atoms with Crippen molar-refractivity contribution in [3.8, 4) is 5.75 Å². The van der Waals surface area contributed by atoms with Crippen LogP contribution in [0.5, 0.6) is 5.75 Å². The highest BCUT2D eigenvalue weighted by Gasteiger charge is 2.24. The molecule has 0 amide bonds. The third kappa shape index (κ3) is 4.50. The van der Waals surface area contributed by atoms with Gasteiger partial charge in [0.15, 0.2) is 11.6 Å². The van der Waals surface area contributed by atoms with Gasteiger partial charge in [-0.2, -0.15) is 15.0 Å². The average Bonchev–Trinajstić information content (AvgIpc) is 3.14. The highest BCUT2D eigenvalue weighted by atomic mass is 35.5. The number of rotatable bonds is 7. The molecular formula is C17H22ClFN6O. The molecule has 1 fully saturated rings. The van der Waals surface area contributed by atoms with E-state index < -0.39 is 5.82 Å². The molecule has 0 bridgehead atoms. The van der Waals surface area contributed by atoms with E-state index in [0.717, 1.165) is 25.8 Å². The number of benzene rings is 1. The number of aromatic nitrogens is 3. The summed E-state index contributed by atoms with van der Waals surface area (Å²) in [7, 11) is 1.42. The van der Waals surface area contributed by atoms with Crippen molar-refractivity contribution >= 4 is 29.2 Å². The van der Waals surface area contributed by atoms with Gasteiger partial charge in [0, 0.05) is 23.8 Å². The lowest BCUT2D eigenvalue weighted by Gasteiger charge is -2.23. The molecule has 140 valence electrons. The van der Waals surface area contributed by atoms with E-state index in [1.807, 2.05) is 0 Å². The molecule has 0 spiro atoms. The molecule has 2 aromatic rings. The maximum absolute atomic E-state index is 13.8. The Morgan fingerprint density at radius 2 is 2.15 bits per heavy atom. The summed E-state index contributed by atoms with van der Waals surface area (Å²) < 4.78 is 18.8. The van der Waals surface area contributed by atoms with Gasteiger partial charge in [-0.05, 0) is 49.5 Å². The predicted octanol–water partition coefficient (Wildman–Crippen LogP) is 3.36. The Balaban J connectivity index is 1.75. The second-order valence-electron chi connectivity index (χ2n) is 6.09. The number of nitrogens with zero attached hydrogens (tertiary/aromatic N) is 3. The second kappa shape index (κ2) is 8.46. The second-order valence-corrected chi connectivity index (χ2v) is 6.43. The number of ether oxygens (including phenoxy) is 1. The molecular weight excluding hydrogens is 359 g/mol. The van der Waals surface area contributed by atoms with Gasteiger partial charge in [-0.3, -0.25) is 0 Å². The molecule has 2 unspecified atom stereocenters. The summed E-state index contributed by atoms with van der Waals surface area (Å²) in [5.41, 5.74) is 0.487. The van der Waals surface area contributed by atoms with Crippen LogP contribution >= 0.6 is 11.6 Å². The van der Waals surface area contributed by atoms with Crippen molar-refractivity contribution in [2.75, 3.05) is 24.3 Å². The number of halogens is 2. The average molecular weight is 381 g/mol. The third-order valence-corrected chi connectivity index (χ3v) is 4.52. The lowest BCUT2D eigenvalue weighted by Crippen LogP contribution is -2.40. The summed E-state index contributed by atoms with van der Waals surface area (Å²) in [4.78, 5) is 12.6. The molecule has 9 heteroatoms. The van der Waals surface area contributed by atoms with E-state index in [1.54, 1.807) is 6.07 Å². The monoisotopic (exact) mass is 380 g/mol. The van der Waals surface area contributed by atoms with Crippen molar-refractivity contribution in [1.82, 2.24) is 20.3 Å². The quantitative estimate of drug-likeness (QED) is 0.679. The number of methoxy groups -OCH3 is 1. The molecule has 2 heterocycles. The van der Waals surface area contributed by atoms with Gasteiger partial charge in [-0.1, -0.05) is 6.92 Å². The van der Waals surface area contributed by atoms with Gasteiger partial charge in [0.1, 0.15) is 0 Å². The molecule has 1 aromatic carbocycles. The van der Waals surface area contributed by atoms with Crippen molar-refractivity contribution in [3.05, 3.63) is 29.3 Å². The first-order chi connectivity index (χ1) is 12.6. The van der Waals surface area contributed by atoms with E-state index in [1.165, 1.54) is 19.2 Å². The van der Waals surface area contributed by atoms with Gasteiger partial charge in [0.05, 0.1) is 7.11 Å². The van der Waals surface area contributed by atoms with Crippen LogP contribution in [-0.4, -0.2) is 40.7 Å². The lowest BCUT2D eigenvalue weighted by molar-refractivity contribution is 0.386. The minimum absolute atomic E-state index is 0.0632. The summed E-state index contributed by atoms with van der Waals surface area (Å²) >= 11 is 6.03. The Hall–Kier alpha value is -2.19. The zero-order valence-electron chi connectivity index (χ0n) is 14.7. The highest BCUT2D eigenvalue weighted by molar-refractivity contribution is 6.28. The summed E-state index contributed by atoms with van der Waals surface area (Å²) in [6, 6.07) is 5.08. The van der Waals surface area contributed by atoms with Crippen LogP contribution in [0.15, 0.2) is 18.2 Å². The van der Waals surface area contributed by atoms with E-state index >= 15 is 0 Å². The standard InChI is InChI=1S/C17H22ClFN6O/c1-3-12(13-5-4-8-20-13)22-17-24-15(18)23-16(25-17)21-10-6-7-14(26-2)11(19)9-10/h6-7,9,12-13,20H,3-5,8H2,1-2H3,(H2,21,22,23,24,25). The maximum atomic E-state index is 13.8. The minimum Gasteiger partial charge on any atom is -0.494 e. The Bertz CT molecular complexity index is 756. The van der Waals surface area contributed by atoms with Gasteiger partial charge in [-0.15, -0.1) is 0 Å². The molecule has 1 aromatic heterocycles. The first-order valence-corrected chi connectivity index (χ1v) is 8.99. The van der Waals surface area contributed by atoms with Crippen LogP contribution in [0.1, 0.15) is 26.2 Å². The maximum Gasteiger partial charge on any atom is 0.233 e. The minimum atomic E-state index is -0.477. The molecule has 3 rings (SSSR count). The summed E-state index contributed by atoms with van der Waals surface area (Å²) in [6.07, 6.45) is 3.20. The van der Waals surface area contributed by atoms with Gasteiger partial charge < -0.3 is 20.7 Å². The number of hydrogen-bond donors (Lipinski definition) is 3. The van der Waals surface area contributed by atoms with Gasteiger partial charge in [0.25, 0.3) is 0 Å². The fourth-order valence-corrected chi connectivity index (χ4v) is 3.21. The number of nitrogens with one attached hydrogen (secondary N) is 3. The van der Waals surface area contributed by atoms with Gasteiger partial charge in [0.2, 0.25) is 17.2 Å². The first kappa shape index (κ1) is 18.6. The largest absolute Gasteiger partial charge is 0.494 e. The van der Waals surface area contributed by atoms with E-state index in [2.05, 4.69) is 37.8 Å². The normalized spacial score (nSPS) is 17.8. The van der Waals surface area contributed by atoms with Crippen LogP contribution in [0.3, 0.4) is 0 Å². The predicted molar refractivity (Wildman–Crippen MR) is 99.8 cm³/mol. The van der Waals surface area contributed by atoms with E-state index in [-0.39, 0.29) is 23.0 Å². The van der Waals surface area contributed by atoms with Crippen molar-refractivity contribution in [2.45, 2.75) is 38.3 Å². The summed E-state index contributed by atoms with van der Waals surface area (Å²) in [6.45, 7) is 3.14. The first-order valence-electron chi connectivity index (χ1n) is 8.61.